The first-order chi connectivity index (χ1) is 11.9. The summed E-state index contributed by atoms with van der Waals surface area (Å²) in [5.74, 6) is -0.771. The van der Waals surface area contributed by atoms with Crippen LogP contribution < -0.4 is 0 Å². The highest BCUT2D eigenvalue weighted by molar-refractivity contribution is 6.30. The zero-order valence-electron chi connectivity index (χ0n) is 13.3. The van der Waals surface area contributed by atoms with E-state index in [1.807, 2.05) is 0 Å². The van der Waals surface area contributed by atoms with Gasteiger partial charge >= 0.3 is 0 Å². The number of ketones is 1. The number of aliphatic hydroxyl groups excluding tert-OH is 2. The minimum Gasteiger partial charge on any atom is -0.394 e. The van der Waals surface area contributed by atoms with Crippen LogP contribution in [0.4, 0.5) is 4.39 Å². The molecular formula is C16H17ClFN3O4. The summed E-state index contributed by atoms with van der Waals surface area (Å²) in [5.41, 5.74) is 0.880. The molecule has 0 saturated carbocycles. The van der Waals surface area contributed by atoms with Crippen molar-refractivity contribution in [1.82, 2.24) is 15.0 Å². The SMILES string of the molecule is CC(=O)[C@H]1C[C@@H](n2cc(-c3ccc(Cl)c(F)c3)nn2)[C@@H](O)[C@@H](CO)O1. The standard InChI is InChI=1S/C16H17ClFN3O4/c1-8(23)14-5-13(16(24)15(7-22)25-14)21-6-12(19-20-21)9-2-3-10(17)11(18)4-9/h2-4,6,13-16,22,24H,5,7H2,1H3/t13-,14-,15-,16-/m1/s1. The molecule has 2 N–H and O–H groups in total. The lowest BCUT2D eigenvalue weighted by Gasteiger charge is -2.37. The molecule has 134 valence electrons. The molecule has 0 amide bonds. The Kier molecular flexibility index (Phi) is 5.14. The van der Waals surface area contributed by atoms with Gasteiger partial charge < -0.3 is 14.9 Å². The van der Waals surface area contributed by atoms with E-state index in [0.717, 1.165) is 0 Å². The number of rotatable bonds is 4. The number of hydrogen-bond donors (Lipinski definition) is 2. The van der Waals surface area contributed by atoms with Crippen molar-refractivity contribution in [3.8, 4) is 11.3 Å². The lowest BCUT2D eigenvalue weighted by molar-refractivity contribution is -0.168. The number of Topliss-reactive ketones (excluding diaryl/α,β-unsaturated/α-hetero) is 1. The summed E-state index contributed by atoms with van der Waals surface area (Å²) in [6.45, 7) is 0.961. The quantitative estimate of drug-likeness (QED) is 0.845. The van der Waals surface area contributed by atoms with Gasteiger partial charge in [0.05, 0.1) is 23.9 Å². The summed E-state index contributed by atoms with van der Waals surface area (Å²) >= 11 is 5.67. The van der Waals surface area contributed by atoms with Gasteiger partial charge in [0.15, 0.2) is 5.78 Å². The third kappa shape index (κ3) is 3.57. The second-order valence-electron chi connectivity index (χ2n) is 5.96. The van der Waals surface area contributed by atoms with Crippen LogP contribution in [0.25, 0.3) is 11.3 Å². The van der Waals surface area contributed by atoms with Crippen molar-refractivity contribution < 1.29 is 24.1 Å². The fraction of sp³-hybridized carbons (Fsp3) is 0.438. The molecule has 1 fully saturated rings. The maximum Gasteiger partial charge on any atom is 0.158 e. The molecule has 1 aromatic heterocycles. The fourth-order valence-corrected chi connectivity index (χ4v) is 2.97. The molecule has 1 aromatic carbocycles. The Morgan fingerprint density at radius 3 is 2.92 bits per heavy atom. The van der Waals surface area contributed by atoms with Gasteiger partial charge in [0.2, 0.25) is 0 Å². The van der Waals surface area contributed by atoms with Crippen LogP contribution in [0.2, 0.25) is 5.02 Å². The molecule has 0 spiro atoms. The van der Waals surface area contributed by atoms with Gasteiger partial charge in [0.1, 0.15) is 29.8 Å². The molecule has 0 radical (unpaired) electrons. The topological polar surface area (TPSA) is 97.5 Å². The van der Waals surface area contributed by atoms with E-state index in [0.29, 0.717) is 11.3 Å². The van der Waals surface area contributed by atoms with Gasteiger partial charge in [-0.25, -0.2) is 9.07 Å². The number of carbonyl (C=O) groups is 1. The van der Waals surface area contributed by atoms with Gasteiger partial charge in [0, 0.05) is 12.0 Å². The maximum atomic E-state index is 13.6. The number of ether oxygens (including phenoxy) is 1. The first-order valence-electron chi connectivity index (χ1n) is 7.72. The van der Waals surface area contributed by atoms with Gasteiger partial charge in [0.25, 0.3) is 0 Å². The molecule has 0 bridgehead atoms. The normalized spacial score (nSPS) is 26.6. The zero-order valence-corrected chi connectivity index (χ0v) is 14.1. The molecule has 25 heavy (non-hydrogen) atoms. The van der Waals surface area contributed by atoms with Crippen LogP contribution in [0.3, 0.4) is 0 Å². The molecule has 1 aliphatic heterocycles. The average Bonchev–Trinajstić information content (AvgIpc) is 3.07. The molecule has 1 aliphatic rings. The van der Waals surface area contributed by atoms with Crippen LogP contribution in [0.1, 0.15) is 19.4 Å². The average molecular weight is 370 g/mol. The van der Waals surface area contributed by atoms with Gasteiger partial charge in [-0.3, -0.25) is 4.79 Å². The van der Waals surface area contributed by atoms with E-state index < -0.39 is 36.8 Å². The Labute approximate surface area is 148 Å². The van der Waals surface area contributed by atoms with Crippen molar-refractivity contribution in [3.63, 3.8) is 0 Å². The Hall–Kier alpha value is -1.87. The van der Waals surface area contributed by atoms with Crippen molar-refractivity contribution in [2.24, 2.45) is 0 Å². The molecule has 0 aliphatic carbocycles. The molecule has 7 nitrogen and oxygen atoms in total. The number of hydrogen-bond acceptors (Lipinski definition) is 6. The van der Waals surface area contributed by atoms with E-state index >= 15 is 0 Å². The van der Waals surface area contributed by atoms with Crippen molar-refractivity contribution in [3.05, 3.63) is 35.2 Å². The van der Waals surface area contributed by atoms with Gasteiger partial charge in [-0.15, -0.1) is 5.10 Å². The molecule has 1 saturated heterocycles. The molecule has 2 aromatic rings. The Balaban J connectivity index is 1.89. The fourth-order valence-electron chi connectivity index (χ4n) is 2.86. The monoisotopic (exact) mass is 369 g/mol. The third-order valence-corrected chi connectivity index (χ3v) is 4.58. The van der Waals surface area contributed by atoms with Crippen LogP contribution in [0, 0.1) is 5.82 Å². The third-order valence-electron chi connectivity index (χ3n) is 4.27. The first kappa shape index (κ1) is 17.9. The largest absolute Gasteiger partial charge is 0.394 e. The number of nitrogens with zero attached hydrogens (tertiary/aromatic N) is 3. The highest BCUT2D eigenvalue weighted by Crippen LogP contribution is 2.31. The lowest BCUT2D eigenvalue weighted by Crippen LogP contribution is -2.49. The summed E-state index contributed by atoms with van der Waals surface area (Å²) in [6, 6.07) is 3.67. The summed E-state index contributed by atoms with van der Waals surface area (Å²) in [5, 5.41) is 27.7. The molecule has 9 heteroatoms. The van der Waals surface area contributed by atoms with Crippen molar-refractivity contribution >= 4 is 17.4 Å². The minimum absolute atomic E-state index is 0.00563. The van der Waals surface area contributed by atoms with E-state index in [1.54, 1.807) is 12.3 Å². The number of benzene rings is 1. The zero-order chi connectivity index (χ0) is 18.1. The van der Waals surface area contributed by atoms with Gasteiger partial charge in [-0.05, 0) is 19.1 Å². The molecule has 4 atom stereocenters. The van der Waals surface area contributed by atoms with E-state index in [9.17, 15) is 19.4 Å². The van der Waals surface area contributed by atoms with Crippen LogP contribution >= 0.6 is 11.6 Å². The lowest BCUT2D eigenvalue weighted by atomic mass is 9.94. The van der Waals surface area contributed by atoms with Gasteiger partial charge in [-0.1, -0.05) is 22.9 Å². The highest BCUT2D eigenvalue weighted by atomic mass is 35.5. The molecular weight excluding hydrogens is 353 g/mol. The summed E-state index contributed by atoms with van der Waals surface area (Å²) < 4.78 is 20.4. The smallest absolute Gasteiger partial charge is 0.158 e. The van der Waals surface area contributed by atoms with Crippen LogP contribution in [-0.4, -0.2) is 55.9 Å². The van der Waals surface area contributed by atoms with Crippen molar-refractivity contribution in [1.29, 1.82) is 0 Å². The van der Waals surface area contributed by atoms with Crippen LogP contribution in [-0.2, 0) is 9.53 Å². The molecule has 0 unspecified atom stereocenters. The van der Waals surface area contributed by atoms with E-state index in [-0.39, 0.29) is 17.2 Å². The van der Waals surface area contributed by atoms with Crippen molar-refractivity contribution in [2.45, 2.75) is 37.7 Å². The summed E-state index contributed by atoms with van der Waals surface area (Å²) in [7, 11) is 0. The number of aliphatic hydroxyl groups is 2. The van der Waals surface area contributed by atoms with Crippen LogP contribution in [0.5, 0.6) is 0 Å². The summed E-state index contributed by atoms with van der Waals surface area (Å²) in [4.78, 5) is 11.7. The Morgan fingerprint density at radius 2 is 2.28 bits per heavy atom. The summed E-state index contributed by atoms with van der Waals surface area (Å²) in [6.07, 6.45) is -0.949. The van der Waals surface area contributed by atoms with Crippen molar-refractivity contribution in [2.75, 3.05) is 6.61 Å². The predicted octanol–water partition coefficient (Wildman–Crippen LogP) is 1.38. The number of carbonyl (C=O) groups excluding carboxylic acids is 1. The Morgan fingerprint density at radius 1 is 1.52 bits per heavy atom. The van der Waals surface area contributed by atoms with E-state index in [4.69, 9.17) is 16.3 Å². The minimum atomic E-state index is -1.06. The first-order valence-corrected chi connectivity index (χ1v) is 8.10. The second kappa shape index (κ2) is 7.17. The van der Waals surface area contributed by atoms with E-state index in [1.165, 1.54) is 23.7 Å². The Bertz CT molecular complexity index is 784. The number of halogens is 2. The molecule has 3 rings (SSSR count). The predicted molar refractivity (Wildman–Crippen MR) is 86.5 cm³/mol. The van der Waals surface area contributed by atoms with E-state index in [2.05, 4.69) is 10.3 Å². The van der Waals surface area contributed by atoms with Crippen LogP contribution in [0.15, 0.2) is 24.4 Å². The van der Waals surface area contributed by atoms with Gasteiger partial charge in [-0.2, -0.15) is 0 Å². The number of aromatic nitrogens is 3. The molecule has 2 heterocycles. The second-order valence-corrected chi connectivity index (χ2v) is 6.37. The highest BCUT2D eigenvalue weighted by Gasteiger charge is 2.40. The maximum absolute atomic E-state index is 13.6.